The number of halogens is 1. The molecule has 3 aromatic rings. The Hall–Kier alpha value is -4.13. The number of rotatable bonds is 4. The van der Waals surface area contributed by atoms with E-state index in [1.54, 1.807) is 30.3 Å². The molecule has 0 spiro atoms. The lowest BCUT2D eigenvalue weighted by Gasteiger charge is -2.19. The first-order chi connectivity index (χ1) is 15.5. The van der Waals surface area contributed by atoms with Crippen LogP contribution >= 0.6 is 0 Å². The molecule has 0 saturated heterocycles. The second-order valence-electron chi connectivity index (χ2n) is 7.52. The Balaban J connectivity index is 1.58. The highest BCUT2D eigenvalue weighted by Crippen LogP contribution is 2.37. The van der Waals surface area contributed by atoms with Gasteiger partial charge < -0.3 is 14.8 Å². The van der Waals surface area contributed by atoms with Crippen molar-refractivity contribution in [1.29, 1.82) is 0 Å². The van der Waals surface area contributed by atoms with Gasteiger partial charge in [0.25, 0.3) is 11.8 Å². The van der Waals surface area contributed by atoms with Crippen LogP contribution in [0.2, 0.25) is 0 Å². The molecule has 2 amide bonds. The predicted octanol–water partition coefficient (Wildman–Crippen LogP) is 4.30. The number of nitrogens with zero attached hydrogens (tertiary/aromatic N) is 1. The van der Waals surface area contributed by atoms with Gasteiger partial charge in [-0.1, -0.05) is 29.8 Å². The van der Waals surface area contributed by atoms with Gasteiger partial charge in [0.05, 0.1) is 11.3 Å². The van der Waals surface area contributed by atoms with Crippen molar-refractivity contribution < 1.29 is 23.5 Å². The Labute approximate surface area is 183 Å². The summed E-state index contributed by atoms with van der Waals surface area (Å²) in [6.07, 6.45) is 0. The van der Waals surface area contributed by atoms with Gasteiger partial charge in [-0.25, -0.2) is 9.29 Å². The Morgan fingerprint density at radius 3 is 2.25 bits per heavy atom. The number of carbonyl (C=O) groups is 2. The normalized spacial score (nSPS) is 15.4. The van der Waals surface area contributed by atoms with E-state index in [-0.39, 0.29) is 11.3 Å². The van der Waals surface area contributed by atoms with E-state index in [0.29, 0.717) is 41.7 Å². The van der Waals surface area contributed by atoms with Crippen LogP contribution in [0.5, 0.6) is 11.5 Å². The minimum Gasteiger partial charge on any atom is -0.486 e. The van der Waals surface area contributed by atoms with Crippen molar-refractivity contribution >= 4 is 28.8 Å². The average Bonchev–Trinajstić information content (AvgIpc) is 3.04. The van der Waals surface area contributed by atoms with Crippen molar-refractivity contribution in [3.05, 3.63) is 89.4 Å². The molecule has 7 heteroatoms. The number of imide groups is 1. The zero-order valence-corrected chi connectivity index (χ0v) is 17.2. The number of benzene rings is 3. The summed E-state index contributed by atoms with van der Waals surface area (Å²) >= 11 is 0. The van der Waals surface area contributed by atoms with Crippen LogP contribution in [-0.4, -0.2) is 25.0 Å². The van der Waals surface area contributed by atoms with Crippen LogP contribution in [0.1, 0.15) is 11.1 Å². The Morgan fingerprint density at radius 1 is 0.844 bits per heavy atom. The summed E-state index contributed by atoms with van der Waals surface area (Å²) in [5.41, 5.74) is 2.76. The molecule has 2 aliphatic rings. The number of hydrogen-bond acceptors (Lipinski definition) is 5. The van der Waals surface area contributed by atoms with Crippen LogP contribution in [0, 0.1) is 12.7 Å². The molecular weight excluding hydrogens is 411 g/mol. The first-order valence-corrected chi connectivity index (χ1v) is 10.1. The standard InChI is InChI=1S/C25H19FN2O4/c1-15-2-9-19(10-3-15)28-24(29)22(16-4-6-17(26)7-5-16)23(25(28)30)27-18-8-11-20-21(14-18)32-13-12-31-20/h2-11,14,27H,12-13H2,1H3. The molecule has 2 aliphatic heterocycles. The molecule has 2 heterocycles. The fourth-order valence-electron chi connectivity index (χ4n) is 3.72. The highest BCUT2D eigenvalue weighted by molar-refractivity contribution is 6.46. The number of fused-ring (bicyclic) bond motifs is 1. The van der Waals surface area contributed by atoms with E-state index in [2.05, 4.69) is 5.32 Å². The molecule has 0 atom stereocenters. The van der Waals surface area contributed by atoms with Gasteiger partial charge in [-0.2, -0.15) is 0 Å². The molecule has 1 N–H and O–H groups in total. The molecule has 0 aromatic heterocycles. The molecule has 0 radical (unpaired) electrons. The highest BCUT2D eigenvalue weighted by Gasteiger charge is 2.40. The third kappa shape index (κ3) is 3.47. The maximum atomic E-state index is 13.5. The van der Waals surface area contributed by atoms with Crippen molar-refractivity contribution in [2.24, 2.45) is 0 Å². The maximum Gasteiger partial charge on any atom is 0.282 e. The third-order valence-electron chi connectivity index (χ3n) is 5.32. The molecule has 0 fully saturated rings. The number of aryl methyl sites for hydroxylation is 1. The van der Waals surface area contributed by atoms with E-state index < -0.39 is 17.6 Å². The summed E-state index contributed by atoms with van der Waals surface area (Å²) in [6.45, 7) is 2.82. The van der Waals surface area contributed by atoms with Gasteiger partial charge >= 0.3 is 0 Å². The second-order valence-corrected chi connectivity index (χ2v) is 7.52. The quantitative estimate of drug-likeness (QED) is 0.625. The lowest BCUT2D eigenvalue weighted by atomic mass is 10.0. The number of hydrogen-bond donors (Lipinski definition) is 1. The van der Waals surface area contributed by atoms with Gasteiger partial charge in [0, 0.05) is 11.8 Å². The summed E-state index contributed by atoms with van der Waals surface area (Å²) in [4.78, 5) is 27.9. The van der Waals surface area contributed by atoms with Crippen LogP contribution in [0.15, 0.2) is 72.4 Å². The van der Waals surface area contributed by atoms with E-state index in [1.165, 1.54) is 24.3 Å². The Kier molecular flexibility index (Phi) is 4.86. The smallest absolute Gasteiger partial charge is 0.282 e. The van der Waals surface area contributed by atoms with Gasteiger partial charge in [0.2, 0.25) is 0 Å². The maximum absolute atomic E-state index is 13.5. The van der Waals surface area contributed by atoms with Gasteiger partial charge in [-0.15, -0.1) is 0 Å². The third-order valence-corrected chi connectivity index (χ3v) is 5.32. The molecule has 3 aromatic carbocycles. The fourth-order valence-corrected chi connectivity index (χ4v) is 3.72. The first kappa shape index (κ1) is 19.8. The predicted molar refractivity (Wildman–Crippen MR) is 118 cm³/mol. The number of carbonyl (C=O) groups excluding carboxylic acids is 2. The molecular formula is C25H19FN2O4. The van der Waals surface area contributed by atoms with E-state index >= 15 is 0 Å². The monoisotopic (exact) mass is 430 g/mol. The van der Waals surface area contributed by atoms with Crippen molar-refractivity contribution in [3.8, 4) is 11.5 Å². The molecule has 6 nitrogen and oxygen atoms in total. The Morgan fingerprint density at radius 2 is 1.53 bits per heavy atom. The van der Waals surface area contributed by atoms with Crippen LogP contribution in [0.4, 0.5) is 15.8 Å². The second kappa shape index (κ2) is 7.85. The molecule has 0 aliphatic carbocycles. The molecule has 0 unspecified atom stereocenters. The molecule has 0 bridgehead atoms. The summed E-state index contributed by atoms with van der Waals surface area (Å²) in [5.74, 6) is -0.233. The topological polar surface area (TPSA) is 67.9 Å². The van der Waals surface area contributed by atoms with E-state index in [1.807, 2.05) is 19.1 Å². The molecule has 5 rings (SSSR count). The van der Waals surface area contributed by atoms with Crippen molar-refractivity contribution in [3.63, 3.8) is 0 Å². The number of anilines is 2. The summed E-state index contributed by atoms with van der Waals surface area (Å²) in [6, 6.07) is 17.8. The van der Waals surface area contributed by atoms with E-state index in [0.717, 1.165) is 10.5 Å². The van der Waals surface area contributed by atoms with Gasteiger partial charge in [0.1, 0.15) is 24.7 Å². The van der Waals surface area contributed by atoms with Crippen molar-refractivity contribution in [1.82, 2.24) is 0 Å². The number of amides is 2. The minimum absolute atomic E-state index is 0.110. The van der Waals surface area contributed by atoms with Crippen LogP contribution < -0.4 is 19.7 Å². The van der Waals surface area contributed by atoms with Crippen molar-refractivity contribution in [2.45, 2.75) is 6.92 Å². The lowest BCUT2D eigenvalue weighted by molar-refractivity contribution is -0.120. The van der Waals surface area contributed by atoms with Gasteiger partial charge in [-0.3, -0.25) is 9.59 Å². The average molecular weight is 430 g/mol. The van der Waals surface area contributed by atoms with Crippen molar-refractivity contribution in [2.75, 3.05) is 23.4 Å². The fraction of sp³-hybridized carbons (Fsp3) is 0.120. The lowest BCUT2D eigenvalue weighted by Crippen LogP contribution is -2.32. The zero-order valence-electron chi connectivity index (χ0n) is 17.2. The summed E-state index contributed by atoms with van der Waals surface area (Å²) in [7, 11) is 0. The van der Waals surface area contributed by atoms with Gasteiger partial charge in [0.15, 0.2) is 11.5 Å². The highest BCUT2D eigenvalue weighted by atomic mass is 19.1. The largest absolute Gasteiger partial charge is 0.486 e. The summed E-state index contributed by atoms with van der Waals surface area (Å²) < 4.78 is 24.7. The first-order valence-electron chi connectivity index (χ1n) is 10.1. The van der Waals surface area contributed by atoms with Crippen LogP contribution in [0.25, 0.3) is 5.57 Å². The molecule has 160 valence electrons. The number of nitrogens with one attached hydrogen (secondary N) is 1. The van der Waals surface area contributed by atoms with E-state index in [4.69, 9.17) is 9.47 Å². The molecule has 0 saturated carbocycles. The summed E-state index contributed by atoms with van der Waals surface area (Å²) in [5, 5.41) is 3.08. The van der Waals surface area contributed by atoms with E-state index in [9.17, 15) is 14.0 Å². The van der Waals surface area contributed by atoms with Gasteiger partial charge in [-0.05, 0) is 48.9 Å². The molecule has 32 heavy (non-hydrogen) atoms. The van der Waals surface area contributed by atoms with Crippen LogP contribution in [-0.2, 0) is 9.59 Å². The zero-order chi connectivity index (χ0) is 22.2. The Bertz CT molecular complexity index is 1250. The number of ether oxygens (including phenoxy) is 2. The minimum atomic E-state index is -0.493. The SMILES string of the molecule is Cc1ccc(N2C(=O)C(Nc3ccc4c(c3)OCCO4)=C(c3ccc(F)cc3)C2=O)cc1. The van der Waals surface area contributed by atoms with Crippen LogP contribution in [0.3, 0.4) is 0 Å².